The monoisotopic (exact) mass is 305 g/mol. The summed E-state index contributed by atoms with van der Waals surface area (Å²) in [4.78, 5) is 19.8. The minimum absolute atomic E-state index is 0.251. The van der Waals surface area contributed by atoms with E-state index in [-0.39, 0.29) is 5.92 Å². The van der Waals surface area contributed by atoms with Crippen LogP contribution in [0.5, 0.6) is 0 Å². The van der Waals surface area contributed by atoms with Crippen LogP contribution >= 0.6 is 0 Å². The lowest BCUT2D eigenvalue weighted by molar-refractivity contribution is -0.137. The first-order valence-corrected chi connectivity index (χ1v) is 9.10. The zero-order valence-electron chi connectivity index (χ0n) is 14.0. The molecule has 0 N–H and O–H groups in total. The largest absolute Gasteiger partial charge is 0.340 e. The van der Waals surface area contributed by atoms with Gasteiger partial charge in [-0.1, -0.05) is 18.6 Å². The van der Waals surface area contributed by atoms with Gasteiger partial charge in [0.25, 0.3) is 0 Å². The van der Waals surface area contributed by atoms with E-state index in [4.69, 9.17) is 0 Å². The highest BCUT2D eigenvalue weighted by atomic mass is 16.2. The number of hydrogen-bond donors (Lipinski definition) is 0. The topological polar surface area (TPSA) is 26.8 Å². The van der Waals surface area contributed by atoms with Gasteiger partial charge in [0, 0.05) is 44.7 Å². The number of allylic oxidation sites excluding steroid dienone is 2. The predicted molar refractivity (Wildman–Crippen MR) is 89.8 cm³/mol. The average molecular weight is 305 g/mol. The Morgan fingerprint density at radius 2 is 1.86 bits per heavy atom. The Labute approximate surface area is 135 Å². The fourth-order valence-corrected chi connectivity index (χ4v) is 4.10. The van der Waals surface area contributed by atoms with Gasteiger partial charge in [-0.15, -0.1) is 0 Å². The second-order valence-electron chi connectivity index (χ2n) is 7.24. The van der Waals surface area contributed by atoms with Gasteiger partial charge in [-0.05, 0) is 45.7 Å². The molecule has 2 atom stereocenters. The molecule has 2 heterocycles. The van der Waals surface area contributed by atoms with Gasteiger partial charge in [0.05, 0.1) is 0 Å². The summed E-state index contributed by atoms with van der Waals surface area (Å²) >= 11 is 0. The van der Waals surface area contributed by atoms with Crippen LogP contribution < -0.4 is 0 Å². The first-order valence-electron chi connectivity index (χ1n) is 9.10. The van der Waals surface area contributed by atoms with Crippen LogP contribution in [0.3, 0.4) is 0 Å². The summed E-state index contributed by atoms with van der Waals surface area (Å²) in [6.45, 7) is 6.39. The molecule has 0 spiro atoms. The molecule has 3 rings (SSSR count). The first kappa shape index (κ1) is 16.0. The number of nitrogens with zero attached hydrogens (tertiary/aromatic N) is 3. The normalized spacial score (nSPS) is 31.4. The molecule has 0 radical (unpaired) electrons. The summed E-state index contributed by atoms with van der Waals surface area (Å²) in [6, 6.07) is 0.722. The van der Waals surface area contributed by atoms with E-state index in [0.29, 0.717) is 5.91 Å². The molecule has 2 aliphatic heterocycles. The molecule has 0 unspecified atom stereocenters. The van der Waals surface area contributed by atoms with Crippen molar-refractivity contribution < 1.29 is 4.79 Å². The Bertz CT molecular complexity index is 401. The number of hydrogen-bond acceptors (Lipinski definition) is 3. The Balaban J connectivity index is 1.43. The molecule has 124 valence electrons. The third kappa shape index (κ3) is 3.90. The van der Waals surface area contributed by atoms with Crippen LogP contribution in [0, 0.1) is 5.92 Å². The molecule has 0 aromatic carbocycles. The van der Waals surface area contributed by atoms with E-state index < -0.39 is 0 Å². The fraction of sp³-hybridized carbons (Fsp3) is 0.833. The summed E-state index contributed by atoms with van der Waals surface area (Å²) in [5, 5.41) is 0. The van der Waals surface area contributed by atoms with Crippen LogP contribution in [0.25, 0.3) is 0 Å². The molecule has 0 aromatic rings. The van der Waals surface area contributed by atoms with Gasteiger partial charge in [0.15, 0.2) is 0 Å². The first-order chi connectivity index (χ1) is 10.7. The SMILES string of the molecule is CN1CCCC[C@H]1CN1CCN(C(=O)[C@@H]2CC=CCC2)CC1. The van der Waals surface area contributed by atoms with Crippen molar-refractivity contribution in [2.24, 2.45) is 5.92 Å². The highest BCUT2D eigenvalue weighted by Crippen LogP contribution is 2.22. The van der Waals surface area contributed by atoms with Crippen LogP contribution in [0.1, 0.15) is 38.5 Å². The molecule has 1 aliphatic carbocycles. The zero-order chi connectivity index (χ0) is 15.4. The van der Waals surface area contributed by atoms with Crippen molar-refractivity contribution >= 4 is 5.91 Å². The number of carbonyl (C=O) groups is 1. The molecule has 22 heavy (non-hydrogen) atoms. The van der Waals surface area contributed by atoms with Crippen molar-refractivity contribution in [2.45, 2.75) is 44.6 Å². The molecular formula is C18H31N3O. The summed E-state index contributed by atoms with van der Waals surface area (Å²) in [7, 11) is 2.26. The van der Waals surface area contributed by atoms with Gasteiger partial charge in [-0.2, -0.15) is 0 Å². The molecule has 0 saturated carbocycles. The lowest BCUT2D eigenvalue weighted by Gasteiger charge is -2.41. The molecule has 0 aromatic heterocycles. The molecule has 3 aliphatic rings. The second kappa shape index (κ2) is 7.60. The maximum Gasteiger partial charge on any atom is 0.226 e. The number of likely N-dealkylation sites (tertiary alicyclic amines) is 1. The number of carbonyl (C=O) groups excluding carboxylic acids is 1. The molecule has 2 saturated heterocycles. The van der Waals surface area contributed by atoms with Crippen LogP contribution in [-0.4, -0.2) is 73.0 Å². The highest BCUT2D eigenvalue weighted by molar-refractivity contribution is 5.79. The minimum Gasteiger partial charge on any atom is -0.340 e. The van der Waals surface area contributed by atoms with E-state index in [0.717, 1.165) is 51.5 Å². The van der Waals surface area contributed by atoms with Crippen molar-refractivity contribution in [3.05, 3.63) is 12.2 Å². The van der Waals surface area contributed by atoms with Crippen LogP contribution in [0.4, 0.5) is 0 Å². The number of amides is 1. The zero-order valence-corrected chi connectivity index (χ0v) is 14.0. The lowest BCUT2D eigenvalue weighted by atomic mass is 9.93. The minimum atomic E-state index is 0.251. The quantitative estimate of drug-likeness (QED) is 0.746. The van der Waals surface area contributed by atoms with Gasteiger partial charge in [-0.3, -0.25) is 9.69 Å². The molecule has 4 heteroatoms. The van der Waals surface area contributed by atoms with Crippen molar-refractivity contribution in [3.8, 4) is 0 Å². The van der Waals surface area contributed by atoms with Gasteiger partial charge in [0.1, 0.15) is 0 Å². The maximum absolute atomic E-state index is 12.6. The van der Waals surface area contributed by atoms with Crippen LogP contribution in [0.2, 0.25) is 0 Å². The average Bonchev–Trinajstić information content (AvgIpc) is 2.58. The molecule has 2 fully saturated rings. The van der Waals surface area contributed by atoms with Crippen molar-refractivity contribution in [1.29, 1.82) is 0 Å². The van der Waals surface area contributed by atoms with Gasteiger partial charge in [0.2, 0.25) is 5.91 Å². The lowest BCUT2D eigenvalue weighted by Crippen LogP contribution is -2.53. The highest BCUT2D eigenvalue weighted by Gasteiger charge is 2.29. The van der Waals surface area contributed by atoms with Gasteiger partial charge >= 0.3 is 0 Å². The van der Waals surface area contributed by atoms with Gasteiger partial charge in [-0.25, -0.2) is 0 Å². The van der Waals surface area contributed by atoms with E-state index in [9.17, 15) is 4.79 Å². The van der Waals surface area contributed by atoms with Crippen molar-refractivity contribution in [2.75, 3.05) is 46.3 Å². The van der Waals surface area contributed by atoms with Crippen molar-refractivity contribution in [3.63, 3.8) is 0 Å². The van der Waals surface area contributed by atoms with Crippen LogP contribution in [0.15, 0.2) is 12.2 Å². The Hall–Kier alpha value is -0.870. The van der Waals surface area contributed by atoms with E-state index in [2.05, 4.69) is 33.9 Å². The molecule has 1 amide bonds. The Morgan fingerprint density at radius 3 is 2.55 bits per heavy atom. The molecule has 4 nitrogen and oxygen atoms in total. The Morgan fingerprint density at radius 1 is 1.05 bits per heavy atom. The summed E-state index contributed by atoms with van der Waals surface area (Å²) in [5.74, 6) is 0.653. The molecule has 0 bridgehead atoms. The number of piperazine rings is 1. The van der Waals surface area contributed by atoms with E-state index in [1.165, 1.54) is 32.4 Å². The fourth-order valence-electron chi connectivity index (χ4n) is 4.10. The predicted octanol–water partition coefficient (Wildman–Crippen LogP) is 1.97. The number of likely N-dealkylation sites (N-methyl/N-ethyl adjacent to an activating group) is 1. The number of rotatable bonds is 3. The van der Waals surface area contributed by atoms with E-state index in [1.807, 2.05) is 0 Å². The van der Waals surface area contributed by atoms with Gasteiger partial charge < -0.3 is 9.80 Å². The van der Waals surface area contributed by atoms with Crippen LogP contribution in [-0.2, 0) is 4.79 Å². The Kier molecular flexibility index (Phi) is 5.53. The standard InChI is InChI=1S/C18H31N3O/c1-19-10-6-5-9-17(19)15-20-11-13-21(14-12-20)18(22)16-7-3-2-4-8-16/h2-3,16-17H,4-15H2,1H3/t16-,17+/m1/s1. The number of piperidine rings is 1. The summed E-state index contributed by atoms with van der Waals surface area (Å²) in [5.41, 5.74) is 0. The van der Waals surface area contributed by atoms with E-state index >= 15 is 0 Å². The summed E-state index contributed by atoms with van der Waals surface area (Å²) < 4.78 is 0. The third-order valence-electron chi connectivity index (χ3n) is 5.69. The maximum atomic E-state index is 12.6. The van der Waals surface area contributed by atoms with Crippen molar-refractivity contribution in [1.82, 2.24) is 14.7 Å². The van der Waals surface area contributed by atoms with E-state index in [1.54, 1.807) is 0 Å². The third-order valence-corrected chi connectivity index (χ3v) is 5.69. The molecular weight excluding hydrogens is 274 g/mol. The summed E-state index contributed by atoms with van der Waals surface area (Å²) in [6.07, 6.45) is 11.5. The second-order valence-corrected chi connectivity index (χ2v) is 7.24. The smallest absolute Gasteiger partial charge is 0.226 e.